The number of hydrogen-bond donors (Lipinski definition) is 2. The number of aromatic nitrogens is 2. The van der Waals surface area contributed by atoms with Crippen LogP contribution < -0.4 is 5.32 Å². The van der Waals surface area contributed by atoms with E-state index in [0.717, 1.165) is 23.5 Å². The predicted octanol–water partition coefficient (Wildman–Crippen LogP) is 4.78. The van der Waals surface area contributed by atoms with Gasteiger partial charge in [0.25, 0.3) is 0 Å². The number of hydrogen-bond acceptors (Lipinski definition) is 2. The molecule has 0 spiro atoms. The lowest BCUT2D eigenvalue weighted by atomic mass is 9.87. The number of fused-ring (bicyclic) bond motifs is 1. The topological polar surface area (TPSA) is 40.7 Å². The van der Waals surface area contributed by atoms with Gasteiger partial charge in [0.15, 0.2) is 0 Å². The van der Waals surface area contributed by atoms with E-state index >= 15 is 0 Å². The second-order valence-corrected chi connectivity index (χ2v) is 6.91. The fourth-order valence-electron chi connectivity index (χ4n) is 2.52. The molecule has 0 aliphatic rings. The summed E-state index contributed by atoms with van der Waals surface area (Å²) in [4.78, 5) is 7.88. The highest BCUT2D eigenvalue weighted by Gasteiger charge is 2.12. The van der Waals surface area contributed by atoms with E-state index < -0.39 is 0 Å². The molecule has 3 heteroatoms. The van der Waals surface area contributed by atoms with Gasteiger partial charge in [0.2, 0.25) is 5.95 Å². The summed E-state index contributed by atoms with van der Waals surface area (Å²) in [5, 5.41) is 3.36. The first-order chi connectivity index (χ1) is 10.4. The van der Waals surface area contributed by atoms with Crippen LogP contribution in [0, 0.1) is 6.92 Å². The predicted molar refractivity (Wildman–Crippen MR) is 93.3 cm³/mol. The summed E-state index contributed by atoms with van der Waals surface area (Å²) in [6, 6.07) is 15.0. The number of benzene rings is 2. The summed E-state index contributed by atoms with van der Waals surface area (Å²) in [5.41, 5.74) is 6.12. The third-order valence-electron chi connectivity index (χ3n) is 3.92. The summed E-state index contributed by atoms with van der Waals surface area (Å²) in [6.07, 6.45) is 0. The highest BCUT2D eigenvalue weighted by atomic mass is 15.1. The van der Waals surface area contributed by atoms with Gasteiger partial charge in [-0.25, -0.2) is 4.98 Å². The highest BCUT2D eigenvalue weighted by Crippen LogP contribution is 2.22. The first-order valence-electron chi connectivity index (χ1n) is 7.71. The van der Waals surface area contributed by atoms with E-state index in [4.69, 9.17) is 0 Å². The maximum absolute atomic E-state index is 4.56. The number of aryl methyl sites for hydroxylation is 1. The average Bonchev–Trinajstić information content (AvgIpc) is 2.86. The largest absolute Gasteiger partial charge is 0.352 e. The molecule has 114 valence electrons. The van der Waals surface area contributed by atoms with Crippen molar-refractivity contribution in [2.75, 3.05) is 5.32 Å². The van der Waals surface area contributed by atoms with Gasteiger partial charge >= 0.3 is 0 Å². The summed E-state index contributed by atoms with van der Waals surface area (Å²) in [5.74, 6) is 0.820. The molecule has 1 aromatic heterocycles. The van der Waals surface area contributed by atoms with Crippen molar-refractivity contribution in [1.82, 2.24) is 9.97 Å². The normalized spacial score (nSPS) is 11.8. The van der Waals surface area contributed by atoms with Crippen molar-refractivity contribution in [2.24, 2.45) is 0 Å². The van der Waals surface area contributed by atoms with Gasteiger partial charge in [0.05, 0.1) is 11.0 Å². The van der Waals surface area contributed by atoms with E-state index in [1.807, 2.05) is 6.07 Å². The molecule has 1 heterocycles. The lowest BCUT2D eigenvalue weighted by molar-refractivity contribution is 0.590. The highest BCUT2D eigenvalue weighted by molar-refractivity contribution is 5.78. The third kappa shape index (κ3) is 3.14. The Kier molecular flexibility index (Phi) is 3.65. The minimum Gasteiger partial charge on any atom is -0.352 e. The minimum atomic E-state index is 0.197. The monoisotopic (exact) mass is 293 g/mol. The van der Waals surface area contributed by atoms with E-state index in [-0.39, 0.29) is 5.41 Å². The number of nitrogens with one attached hydrogen (secondary N) is 2. The zero-order chi connectivity index (χ0) is 15.7. The zero-order valence-electron chi connectivity index (χ0n) is 13.7. The number of imidazole rings is 1. The van der Waals surface area contributed by atoms with E-state index in [2.05, 4.69) is 79.4 Å². The molecule has 2 N–H and O–H groups in total. The fourth-order valence-corrected chi connectivity index (χ4v) is 2.52. The SMILES string of the molecule is Cc1ccc2nc(NCc3ccc(C(C)(C)C)cc3)[nH]c2c1. The molecule has 2 aromatic carbocycles. The Morgan fingerprint density at radius 2 is 1.77 bits per heavy atom. The summed E-state index contributed by atoms with van der Waals surface area (Å²) >= 11 is 0. The Labute approximate surface area is 131 Å². The van der Waals surface area contributed by atoms with E-state index in [0.29, 0.717) is 0 Å². The molecule has 0 aliphatic carbocycles. The Balaban J connectivity index is 1.71. The quantitative estimate of drug-likeness (QED) is 0.729. The number of anilines is 1. The maximum atomic E-state index is 4.56. The number of aromatic amines is 1. The molecule has 0 saturated carbocycles. The third-order valence-corrected chi connectivity index (χ3v) is 3.92. The summed E-state index contributed by atoms with van der Waals surface area (Å²) < 4.78 is 0. The van der Waals surface area contributed by atoms with Crippen LogP contribution in [0.15, 0.2) is 42.5 Å². The van der Waals surface area contributed by atoms with Crippen molar-refractivity contribution in [1.29, 1.82) is 0 Å². The first kappa shape index (κ1) is 14.6. The Hall–Kier alpha value is -2.29. The molecule has 3 nitrogen and oxygen atoms in total. The van der Waals surface area contributed by atoms with Gasteiger partial charge in [-0.2, -0.15) is 0 Å². The molecule has 0 radical (unpaired) electrons. The van der Waals surface area contributed by atoms with E-state index in [1.165, 1.54) is 16.7 Å². The lowest BCUT2D eigenvalue weighted by Gasteiger charge is -2.19. The number of H-pyrrole nitrogens is 1. The molecule has 3 rings (SSSR count). The standard InChI is InChI=1S/C19H23N3/c1-13-5-10-16-17(11-13)22-18(21-16)20-12-14-6-8-15(9-7-14)19(2,3)4/h5-11H,12H2,1-4H3,(H2,20,21,22). The van der Waals surface area contributed by atoms with Crippen molar-refractivity contribution in [2.45, 2.75) is 39.7 Å². The molecule has 22 heavy (non-hydrogen) atoms. The number of nitrogens with zero attached hydrogens (tertiary/aromatic N) is 1. The van der Waals surface area contributed by atoms with Gasteiger partial charge in [-0.15, -0.1) is 0 Å². The van der Waals surface area contributed by atoms with E-state index in [9.17, 15) is 0 Å². The van der Waals surface area contributed by atoms with Gasteiger partial charge in [-0.3, -0.25) is 0 Å². The first-order valence-corrected chi connectivity index (χ1v) is 7.71. The van der Waals surface area contributed by atoms with Crippen LogP contribution in [0.1, 0.15) is 37.5 Å². The molecular formula is C19H23N3. The summed E-state index contributed by atoms with van der Waals surface area (Å²) in [6.45, 7) is 9.55. The van der Waals surface area contributed by atoms with Crippen LogP contribution in [0.4, 0.5) is 5.95 Å². The van der Waals surface area contributed by atoms with Crippen molar-refractivity contribution >= 4 is 17.0 Å². The molecule has 0 unspecified atom stereocenters. The van der Waals surface area contributed by atoms with Crippen LogP contribution in [0.3, 0.4) is 0 Å². The van der Waals surface area contributed by atoms with Crippen LogP contribution in [0.5, 0.6) is 0 Å². The number of rotatable bonds is 3. The van der Waals surface area contributed by atoms with Crippen molar-refractivity contribution in [3.63, 3.8) is 0 Å². The molecule has 0 atom stereocenters. The Morgan fingerprint density at radius 1 is 1.05 bits per heavy atom. The lowest BCUT2D eigenvalue weighted by Crippen LogP contribution is -2.11. The smallest absolute Gasteiger partial charge is 0.201 e. The van der Waals surface area contributed by atoms with Gasteiger partial charge in [0.1, 0.15) is 0 Å². The molecular weight excluding hydrogens is 270 g/mol. The maximum Gasteiger partial charge on any atom is 0.201 e. The molecule has 0 aliphatic heterocycles. The average molecular weight is 293 g/mol. The van der Waals surface area contributed by atoms with Crippen LogP contribution in [0.2, 0.25) is 0 Å². The second-order valence-electron chi connectivity index (χ2n) is 6.91. The van der Waals surface area contributed by atoms with Crippen LogP contribution >= 0.6 is 0 Å². The molecule has 3 aromatic rings. The molecule has 0 amide bonds. The van der Waals surface area contributed by atoms with Crippen molar-refractivity contribution < 1.29 is 0 Å². The summed E-state index contributed by atoms with van der Waals surface area (Å²) in [7, 11) is 0. The molecule has 0 saturated heterocycles. The Bertz CT molecular complexity index is 777. The van der Waals surface area contributed by atoms with Gasteiger partial charge in [-0.1, -0.05) is 51.1 Å². The van der Waals surface area contributed by atoms with Crippen LogP contribution in [0.25, 0.3) is 11.0 Å². The molecule has 0 bridgehead atoms. The van der Waals surface area contributed by atoms with E-state index in [1.54, 1.807) is 0 Å². The Morgan fingerprint density at radius 3 is 2.45 bits per heavy atom. The van der Waals surface area contributed by atoms with Gasteiger partial charge in [0, 0.05) is 6.54 Å². The van der Waals surface area contributed by atoms with Gasteiger partial charge < -0.3 is 10.3 Å². The zero-order valence-corrected chi connectivity index (χ0v) is 13.7. The minimum absolute atomic E-state index is 0.197. The van der Waals surface area contributed by atoms with Crippen LogP contribution in [-0.4, -0.2) is 9.97 Å². The van der Waals surface area contributed by atoms with Gasteiger partial charge in [-0.05, 0) is 41.2 Å². The van der Waals surface area contributed by atoms with Crippen molar-refractivity contribution in [3.8, 4) is 0 Å². The second kappa shape index (κ2) is 5.48. The fraction of sp³-hybridized carbons (Fsp3) is 0.316. The van der Waals surface area contributed by atoms with Crippen LogP contribution in [-0.2, 0) is 12.0 Å². The van der Waals surface area contributed by atoms with Crippen molar-refractivity contribution in [3.05, 3.63) is 59.2 Å². The molecule has 0 fully saturated rings.